The molecule has 2 aromatic heterocycles. The maximum absolute atomic E-state index is 6.59. The van der Waals surface area contributed by atoms with E-state index in [1.807, 2.05) is 0 Å². The fourth-order valence-electron chi connectivity index (χ4n) is 5.17. The van der Waals surface area contributed by atoms with Gasteiger partial charge in [0.2, 0.25) is 5.69 Å². The number of aromatic nitrogens is 1. The molecule has 0 aliphatic heterocycles. The Labute approximate surface area is 196 Å². The minimum Gasteiger partial charge on any atom is -0.455 e. The average molecular weight is 437 g/mol. The molecular weight excluding hydrogens is 402 g/mol. The summed E-state index contributed by atoms with van der Waals surface area (Å²) in [5.41, 5.74) is 8.53. The van der Waals surface area contributed by atoms with Crippen molar-refractivity contribution in [3.8, 4) is 11.3 Å². The van der Waals surface area contributed by atoms with Crippen molar-refractivity contribution >= 4 is 32.7 Å². The van der Waals surface area contributed by atoms with Gasteiger partial charge in [0, 0.05) is 22.4 Å². The molecule has 0 unspecified atom stereocenters. The van der Waals surface area contributed by atoms with E-state index < -0.39 is 0 Å². The van der Waals surface area contributed by atoms with Gasteiger partial charge in [-0.3, -0.25) is 0 Å². The van der Waals surface area contributed by atoms with Gasteiger partial charge in [-0.1, -0.05) is 71.0 Å². The lowest BCUT2D eigenvalue weighted by atomic mass is 9.82. The van der Waals surface area contributed by atoms with Crippen LogP contribution in [0.25, 0.3) is 44.0 Å². The van der Waals surface area contributed by atoms with E-state index in [0.29, 0.717) is 5.92 Å². The van der Waals surface area contributed by atoms with Gasteiger partial charge in [-0.2, -0.15) is 0 Å². The number of rotatable bonds is 3. The monoisotopic (exact) mass is 436 g/mol. The minimum atomic E-state index is 0.0983. The molecule has 0 saturated carbocycles. The summed E-state index contributed by atoms with van der Waals surface area (Å²) in [4.78, 5) is 0. The molecule has 168 valence electrons. The van der Waals surface area contributed by atoms with Crippen LogP contribution in [0.1, 0.15) is 51.3 Å². The van der Waals surface area contributed by atoms with Crippen LogP contribution >= 0.6 is 0 Å². The molecule has 0 fully saturated rings. The highest BCUT2D eigenvalue weighted by atomic mass is 16.3. The molecule has 0 atom stereocenters. The fraction of sp³-hybridized carbons (Fsp3) is 0.323. The molecule has 0 bridgehead atoms. The zero-order valence-electron chi connectivity index (χ0n) is 20.9. The van der Waals surface area contributed by atoms with Crippen LogP contribution in [0.2, 0.25) is 0 Å². The first-order chi connectivity index (χ1) is 15.6. The van der Waals surface area contributed by atoms with Crippen molar-refractivity contribution in [2.75, 3.05) is 0 Å². The number of hydrogen-bond acceptors (Lipinski definition) is 1. The zero-order chi connectivity index (χ0) is 23.5. The second kappa shape index (κ2) is 7.73. The first-order valence-corrected chi connectivity index (χ1v) is 12.0. The molecule has 0 radical (unpaired) electrons. The summed E-state index contributed by atoms with van der Waals surface area (Å²) in [7, 11) is 2.17. The molecule has 2 nitrogen and oxygen atoms in total. The number of hydrogen-bond donors (Lipinski definition) is 0. The van der Waals surface area contributed by atoms with Crippen molar-refractivity contribution in [1.29, 1.82) is 0 Å². The molecule has 3 aromatic carbocycles. The van der Waals surface area contributed by atoms with E-state index in [0.717, 1.165) is 17.6 Å². The summed E-state index contributed by atoms with van der Waals surface area (Å²) in [5.74, 6) is 0.599. The van der Waals surface area contributed by atoms with E-state index in [9.17, 15) is 0 Å². The first kappa shape index (κ1) is 21.7. The average Bonchev–Trinajstić information content (AvgIpc) is 3.09. The van der Waals surface area contributed by atoms with Crippen molar-refractivity contribution in [3.63, 3.8) is 0 Å². The fourth-order valence-corrected chi connectivity index (χ4v) is 5.17. The predicted octanol–water partition coefficient (Wildman–Crippen LogP) is 8.04. The van der Waals surface area contributed by atoms with Gasteiger partial charge in [-0.25, -0.2) is 4.57 Å². The summed E-state index contributed by atoms with van der Waals surface area (Å²) < 4.78 is 8.87. The smallest absolute Gasteiger partial charge is 0.216 e. The molecule has 5 rings (SSSR count). The van der Waals surface area contributed by atoms with Gasteiger partial charge in [-0.15, -0.1) is 0 Å². The lowest BCUT2D eigenvalue weighted by molar-refractivity contribution is -0.661. The molecule has 0 N–H and O–H groups in total. The quantitative estimate of drug-likeness (QED) is 0.262. The Morgan fingerprint density at radius 3 is 2.27 bits per heavy atom. The Balaban J connectivity index is 1.82. The summed E-state index contributed by atoms with van der Waals surface area (Å²) >= 11 is 0. The van der Waals surface area contributed by atoms with Gasteiger partial charge >= 0.3 is 0 Å². The highest BCUT2D eigenvalue weighted by Gasteiger charge is 2.27. The summed E-state index contributed by atoms with van der Waals surface area (Å²) in [6.07, 6.45) is 3.41. The van der Waals surface area contributed by atoms with E-state index in [1.54, 1.807) is 0 Å². The number of aryl methyl sites for hydroxylation is 2. The number of fused-ring (bicyclic) bond motifs is 4. The van der Waals surface area contributed by atoms with Crippen LogP contribution in [0, 0.1) is 12.8 Å². The van der Waals surface area contributed by atoms with E-state index in [-0.39, 0.29) is 5.41 Å². The lowest BCUT2D eigenvalue weighted by Crippen LogP contribution is -2.34. The minimum absolute atomic E-state index is 0.0983. The third kappa shape index (κ3) is 3.72. The van der Waals surface area contributed by atoms with Crippen molar-refractivity contribution in [1.82, 2.24) is 0 Å². The standard InChI is InChI=1S/C31H34NO/c1-19(2)14-23-16-27(32(7)18-26(23)31(4,5)6)29-20(3)12-13-24-25-15-21-10-8-9-11-22(21)17-28(25)33-30(24)29/h8-13,15-19H,14H2,1-7H3/q+1. The normalized spacial score (nSPS) is 12.5. The number of nitrogens with zero attached hydrogens (tertiary/aromatic N) is 1. The van der Waals surface area contributed by atoms with Crippen LogP contribution in [-0.2, 0) is 18.9 Å². The molecular formula is C31H34NO+. The molecule has 0 saturated heterocycles. The molecule has 33 heavy (non-hydrogen) atoms. The Kier molecular flexibility index (Phi) is 5.08. The van der Waals surface area contributed by atoms with Crippen molar-refractivity contribution < 1.29 is 8.98 Å². The number of furan rings is 1. The van der Waals surface area contributed by atoms with E-state index in [1.165, 1.54) is 49.5 Å². The van der Waals surface area contributed by atoms with Gasteiger partial charge in [0.25, 0.3) is 0 Å². The summed E-state index contributed by atoms with van der Waals surface area (Å²) in [6, 6.07) is 19.8. The van der Waals surface area contributed by atoms with Gasteiger partial charge in [-0.05, 0) is 58.7 Å². The van der Waals surface area contributed by atoms with Crippen LogP contribution in [0.15, 0.2) is 65.2 Å². The van der Waals surface area contributed by atoms with Gasteiger partial charge in [0.05, 0.1) is 5.56 Å². The maximum atomic E-state index is 6.59. The largest absolute Gasteiger partial charge is 0.455 e. The van der Waals surface area contributed by atoms with Crippen molar-refractivity contribution in [2.45, 2.75) is 53.4 Å². The molecule has 0 aliphatic rings. The molecule has 0 spiro atoms. The van der Waals surface area contributed by atoms with Crippen molar-refractivity contribution in [3.05, 3.63) is 77.5 Å². The Morgan fingerprint density at radius 1 is 0.909 bits per heavy atom. The topological polar surface area (TPSA) is 17.0 Å². The van der Waals surface area contributed by atoms with Crippen LogP contribution in [0.5, 0.6) is 0 Å². The summed E-state index contributed by atoms with van der Waals surface area (Å²) in [6.45, 7) is 13.7. The van der Waals surface area contributed by atoms with Gasteiger partial charge in [0.1, 0.15) is 18.2 Å². The highest BCUT2D eigenvalue weighted by molar-refractivity contribution is 6.13. The third-order valence-electron chi connectivity index (χ3n) is 6.77. The van der Waals surface area contributed by atoms with Gasteiger partial charge in [0.15, 0.2) is 6.20 Å². The molecule has 2 heteroatoms. The Morgan fingerprint density at radius 2 is 1.61 bits per heavy atom. The second-order valence-corrected chi connectivity index (χ2v) is 11.0. The molecule has 0 aliphatic carbocycles. The van der Waals surface area contributed by atoms with Crippen LogP contribution in [0.4, 0.5) is 0 Å². The first-order valence-electron chi connectivity index (χ1n) is 12.0. The molecule has 0 amide bonds. The summed E-state index contributed by atoms with van der Waals surface area (Å²) in [5, 5.41) is 4.82. The maximum Gasteiger partial charge on any atom is 0.216 e. The predicted molar refractivity (Wildman–Crippen MR) is 140 cm³/mol. The SMILES string of the molecule is Cc1ccc2c(oc3cc4ccccc4cc32)c1-c1cc(CC(C)C)c(C(C)(C)C)c[n+]1C. The van der Waals surface area contributed by atoms with Gasteiger partial charge < -0.3 is 4.42 Å². The molecule has 5 aromatic rings. The Bertz CT molecular complexity index is 1510. The highest BCUT2D eigenvalue weighted by Crippen LogP contribution is 2.39. The van der Waals surface area contributed by atoms with E-state index in [2.05, 4.69) is 114 Å². The van der Waals surface area contributed by atoms with Crippen LogP contribution in [-0.4, -0.2) is 0 Å². The Hall–Kier alpha value is -3.13. The lowest BCUT2D eigenvalue weighted by Gasteiger charge is -2.23. The number of benzene rings is 3. The third-order valence-corrected chi connectivity index (χ3v) is 6.77. The van der Waals surface area contributed by atoms with Crippen molar-refractivity contribution in [2.24, 2.45) is 13.0 Å². The molecule has 2 heterocycles. The number of pyridine rings is 1. The second-order valence-electron chi connectivity index (χ2n) is 11.0. The zero-order valence-corrected chi connectivity index (χ0v) is 20.9. The van der Waals surface area contributed by atoms with Crippen LogP contribution < -0.4 is 4.57 Å². The van der Waals surface area contributed by atoms with Crippen LogP contribution in [0.3, 0.4) is 0 Å². The van der Waals surface area contributed by atoms with E-state index >= 15 is 0 Å². The van der Waals surface area contributed by atoms with E-state index in [4.69, 9.17) is 4.42 Å².